The Labute approximate surface area is 164 Å². The van der Waals surface area contributed by atoms with Crippen molar-refractivity contribution in [3.05, 3.63) is 64.1 Å². The summed E-state index contributed by atoms with van der Waals surface area (Å²) in [5, 5.41) is 2.69. The van der Waals surface area contributed by atoms with Gasteiger partial charge in [0.05, 0.1) is 6.54 Å². The molecule has 4 amide bonds. The largest absolute Gasteiger partial charge is 0.492 e. The third-order valence-electron chi connectivity index (χ3n) is 4.38. The summed E-state index contributed by atoms with van der Waals surface area (Å²) in [6, 6.07) is 13.1. The summed E-state index contributed by atoms with van der Waals surface area (Å²) in [5.74, 6) is -0.378. The average molecular weight is 432 g/mol. The van der Waals surface area contributed by atoms with Crippen LogP contribution in [0.5, 0.6) is 5.75 Å². The van der Waals surface area contributed by atoms with Crippen molar-refractivity contribution in [2.75, 3.05) is 13.2 Å². The van der Waals surface area contributed by atoms with Gasteiger partial charge in [0.15, 0.2) is 0 Å². The molecule has 2 aromatic rings. The molecule has 0 bridgehead atoms. The van der Waals surface area contributed by atoms with E-state index in [2.05, 4.69) is 21.2 Å². The molecule has 1 heterocycles. The van der Waals surface area contributed by atoms with Crippen LogP contribution < -0.4 is 15.8 Å². The molecular formula is C19H18BrN3O4. The summed E-state index contributed by atoms with van der Waals surface area (Å²) in [7, 11) is 0. The first-order valence-electron chi connectivity index (χ1n) is 8.24. The van der Waals surface area contributed by atoms with Gasteiger partial charge in [-0.05, 0) is 42.8 Å². The van der Waals surface area contributed by atoms with Crippen molar-refractivity contribution < 1.29 is 19.1 Å². The summed E-state index contributed by atoms with van der Waals surface area (Å²) in [5.41, 5.74) is 4.80. The molecule has 1 saturated heterocycles. The zero-order valence-electron chi connectivity index (χ0n) is 14.6. The molecule has 140 valence electrons. The maximum absolute atomic E-state index is 12.9. The van der Waals surface area contributed by atoms with E-state index in [1.165, 1.54) is 6.07 Å². The van der Waals surface area contributed by atoms with Crippen LogP contribution in [0.25, 0.3) is 0 Å². The lowest BCUT2D eigenvalue weighted by Gasteiger charge is -2.22. The molecule has 0 saturated carbocycles. The van der Waals surface area contributed by atoms with Gasteiger partial charge in [0.25, 0.3) is 5.91 Å². The molecule has 1 aliphatic heterocycles. The second-order valence-corrected chi connectivity index (χ2v) is 7.18. The maximum atomic E-state index is 12.9. The fraction of sp³-hybridized carbons (Fsp3) is 0.211. The zero-order valence-corrected chi connectivity index (χ0v) is 16.2. The van der Waals surface area contributed by atoms with Crippen LogP contribution in [0.4, 0.5) is 4.79 Å². The molecule has 0 spiro atoms. The molecule has 7 nitrogen and oxygen atoms in total. The first-order valence-corrected chi connectivity index (χ1v) is 9.03. The van der Waals surface area contributed by atoms with E-state index in [-0.39, 0.29) is 18.7 Å². The van der Waals surface area contributed by atoms with Crippen molar-refractivity contribution in [1.29, 1.82) is 0 Å². The van der Waals surface area contributed by atoms with Crippen molar-refractivity contribution in [3.63, 3.8) is 0 Å². The highest BCUT2D eigenvalue weighted by Crippen LogP contribution is 2.29. The standard InChI is InChI=1S/C19H18BrN3O4/c1-19(13-5-2-4-12(10-13)16(21)24)17(25)23(18(26)22-19)8-9-27-15-7-3-6-14(20)11-15/h2-7,10-11H,8-9H2,1H3,(H2,21,24)(H,22,26). The van der Waals surface area contributed by atoms with E-state index in [0.29, 0.717) is 11.3 Å². The van der Waals surface area contributed by atoms with Crippen molar-refractivity contribution >= 4 is 33.8 Å². The number of hydrogen-bond donors (Lipinski definition) is 2. The fourth-order valence-electron chi connectivity index (χ4n) is 2.89. The monoisotopic (exact) mass is 431 g/mol. The van der Waals surface area contributed by atoms with E-state index >= 15 is 0 Å². The van der Waals surface area contributed by atoms with Crippen LogP contribution in [0.15, 0.2) is 53.0 Å². The SMILES string of the molecule is CC1(c2cccc(C(N)=O)c2)NC(=O)N(CCOc2cccc(Br)c2)C1=O. The quantitative estimate of drug-likeness (QED) is 0.685. The molecule has 3 N–H and O–H groups in total. The first kappa shape index (κ1) is 18.9. The Balaban J connectivity index is 1.72. The number of hydrogen-bond acceptors (Lipinski definition) is 4. The van der Waals surface area contributed by atoms with E-state index in [4.69, 9.17) is 10.5 Å². The van der Waals surface area contributed by atoms with Gasteiger partial charge in [-0.1, -0.05) is 34.1 Å². The summed E-state index contributed by atoms with van der Waals surface area (Å²) in [4.78, 5) is 37.7. The van der Waals surface area contributed by atoms with Crippen LogP contribution in [0.1, 0.15) is 22.8 Å². The third-order valence-corrected chi connectivity index (χ3v) is 4.87. The Kier molecular flexibility index (Phi) is 5.18. The van der Waals surface area contributed by atoms with Crippen LogP contribution in [0.3, 0.4) is 0 Å². The topological polar surface area (TPSA) is 102 Å². The number of amides is 4. The lowest BCUT2D eigenvalue weighted by atomic mass is 9.90. The highest BCUT2D eigenvalue weighted by Gasteiger charge is 2.48. The minimum atomic E-state index is -1.27. The number of carbonyl (C=O) groups is 3. The highest BCUT2D eigenvalue weighted by molar-refractivity contribution is 9.10. The van der Waals surface area contributed by atoms with Gasteiger partial charge in [0.2, 0.25) is 5.91 Å². The Hall–Kier alpha value is -2.87. The van der Waals surface area contributed by atoms with Gasteiger partial charge >= 0.3 is 6.03 Å². The number of nitrogens with one attached hydrogen (secondary N) is 1. The average Bonchev–Trinajstić information content (AvgIpc) is 2.86. The minimum absolute atomic E-state index is 0.0995. The van der Waals surface area contributed by atoms with Crippen molar-refractivity contribution in [3.8, 4) is 5.75 Å². The van der Waals surface area contributed by atoms with Gasteiger partial charge in [-0.2, -0.15) is 0 Å². The number of nitrogens with two attached hydrogens (primary N) is 1. The van der Waals surface area contributed by atoms with Gasteiger partial charge < -0.3 is 15.8 Å². The lowest BCUT2D eigenvalue weighted by molar-refractivity contribution is -0.131. The van der Waals surface area contributed by atoms with E-state index in [0.717, 1.165) is 9.37 Å². The molecular weight excluding hydrogens is 414 g/mol. The van der Waals surface area contributed by atoms with Crippen LogP contribution >= 0.6 is 15.9 Å². The zero-order chi connectivity index (χ0) is 19.6. The molecule has 1 unspecified atom stereocenters. The van der Waals surface area contributed by atoms with Crippen LogP contribution in [-0.4, -0.2) is 35.9 Å². The van der Waals surface area contributed by atoms with Gasteiger partial charge in [-0.3, -0.25) is 14.5 Å². The highest BCUT2D eigenvalue weighted by atomic mass is 79.9. The molecule has 3 rings (SSSR count). The molecule has 0 aliphatic carbocycles. The van der Waals surface area contributed by atoms with Gasteiger partial charge in [-0.15, -0.1) is 0 Å². The number of imide groups is 1. The van der Waals surface area contributed by atoms with Crippen LogP contribution in [0.2, 0.25) is 0 Å². The Morgan fingerprint density at radius 1 is 1.22 bits per heavy atom. The Morgan fingerprint density at radius 3 is 2.67 bits per heavy atom. The number of halogens is 1. The van der Waals surface area contributed by atoms with Gasteiger partial charge in [0.1, 0.15) is 17.9 Å². The summed E-state index contributed by atoms with van der Waals surface area (Å²) < 4.78 is 6.48. The number of carbonyl (C=O) groups excluding carboxylic acids is 3. The van der Waals surface area contributed by atoms with Crippen molar-refractivity contribution in [2.45, 2.75) is 12.5 Å². The Morgan fingerprint density at radius 2 is 1.96 bits per heavy atom. The smallest absolute Gasteiger partial charge is 0.325 e. The molecule has 2 aromatic carbocycles. The molecule has 1 atom stereocenters. The molecule has 27 heavy (non-hydrogen) atoms. The predicted molar refractivity (Wildman–Crippen MR) is 102 cm³/mol. The molecule has 1 aliphatic rings. The number of rotatable bonds is 6. The van der Waals surface area contributed by atoms with Crippen molar-refractivity contribution in [1.82, 2.24) is 10.2 Å². The fourth-order valence-corrected chi connectivity index (χ4v) is 3.27. The van der Waals surface area contributed by atoms with Crippen molar-refractivity contribution in [2.24, 2.45) is 5.73 Å². The first-order chi connectivity index (χ1) is 12.8. The second kappa shape index (κ2) is 7.40. The molecule has 8 heteroatoms. The molecule has 0 aromatic heterocycles. The normalized spacial score (nSPS) is 19.1. The molecule has 0 radical (unpaired) electrons. The van der Waals surface area contributed by atoms with E-state index < -0.39 is 23.4 Å². The third kappa shape index (κ3) is 3.80. The van der Waals surface area contributed by atoms with Crippen LogP contribution in [-0.2, 0) is 10.3 Å². The van der Waals surface area contributed by atoms with Crippen LogP contribution in [0, 0.1) is 0 Å². The summed E-state index contributed by atoms with van der Waals surface area (Å²) in [6.07, 6.45) is 0. The van der Waals surface area contributed by atoms with E-state index in [9.17, 15) is 14.4 Å². The van der Waals surface area contributed by atoms with Gasteiger partial charge in [-0.25, -0.2) is 4.79 Å². The number of nitrogens with zero attached hydrogens (tertiary/aromatic N) is 1. The van der Waals surface area contributed by atoms with Gasteiger partial charge in [0, 0.05) is 10.0 Å². The lowest BCUT2D eigenvalue weighted by Crippen LogP contribution is -2.41. The minimum Gasteiger partial charge on any atom is -0.492 e. The summed E-state index contributed by atoms with van der Waals surface area (Å²) >= 11 is 3.35. The number of benzene rings is 2. The predicted octanol–water partition coefficient (Wildman–Crippen LogP) is 2.39. The number of primary amides is 1. The maximum Gasteiger partial charge on any atom is 0.325 e. The van der Waals surface area contributed by atoms with E-state index in [1.54, 1.807) is 37.3 Å². The molecule has 1 fully saturated rings. The Bertz CT molecular complexity index is 917. The second-order valence-electron chi connectivity index (χ2n) is 6.26. The van der Waals surface area contributed by atoms with E-state index in [1.807, 2.05) is 12.1 Å². The number of urea groups is 1. The summed E-state index contributed by atoms with van der Waals surface area (Å²) in [6.45, 7) is 1.86. The number of ether oxygens (including phenoxy) is 1.